The number of hydrogen-bond acceptors (Lipinski definition) is 4. The molecule has 32 heavy (non-hydrogen) atoms. The second-order valence-corrected chi connectivity index (χ2v) is 9.79. The fourth-order valence-corrected chi connectivity index (χ4v) is 5.09. The van der Waals surface area contributed by atoms with E-state index in [9.17, 15) is 18.3 Å². The van der Waals surface area contributed by atoms with Crippen LogP contribution in [0, 0.1) is 6.92 Å². The van der Waals surface area contributed by atoms with Crippen molar-refractivity contribution >= 4 is 26.5 Å². The standard InChI is InChI=1S/C24H25N3O4S/c1-15(2)23-16(3)26(4)27(24(23)29)18-8-11-20(12-9-18)32(30,31)25-22-7-5-6-17-14-19(28)10-13-21(17)22/h5-15,25,28H,1-4H3. The predicted octanol–water partition coefficient (Wildman–Crippen LogP) is 4.27. The zero-order chi connectivity index (χ0) is 23.2. The zero-order valence-corrected chi connectivity index (χ0v) is 19.1. The molecule has 4 aromatic rings. The summed E-state index contributed by atoms with van der Waals surface area (Å²) >= 11 is 0. The second kappa shape index (κ2) is 7.87. The third-order valence-electron chi connectivity index (χ3n) is 5.68. The summed E-state index contributed by atoms with van der Waals surface area (Å²) in [7, 11) is -2.04. The maximum Gasteiger partial charge on any atom is 0.275 e. The van der Waals surface area contributed by atoms with Crippen LogP contribution in [-0.4, -0.2) is 22.9 Å². The number of sulfonamides is 1. The van der Waals surface area contributed by atoms with E-state index in [2.05, 4.69) is 4.72 Å². The summed E-state index contributed by atoms with van der Waals surface area (Å²) in [4.78, 5) is 13.0. The van der Waals surface area contributed by atoms with E-state index in [1.807, 2.05) is 27.8 Å². The Labute approximate surface area is 186 Å². The Morgan fingerprint density at radius 3 is 2.31 bits per heavy atom. The van der Waals surface area contributed by atoms with Gasteiger partial charge in [0.05, 0.1) is 16.3 Å². The minimum atomic E-state index is -3.86. The van der Waals surface area contributed by atoms with Gasteiger partial charge in [0.1, 0.15) is 5.75 Å². The van der Waals surface area contributed by atoms with E-state index < -0.39 is 10.0 Å². The number of anilines is 1. The van der Waals surface area contributed by atoms with Gasteiger partial charge in [0.15, 0.2) is 0 Å². The number of phenolic OH excluding ortho intramolecular Hbond substituents is 1. The fourth-order valence-electron chi connectivity index (χ4n) is 4.01. The highest BCUT2D eigenvalue weighted by molar-refractivity contribution is 7.92. The van der Waals surface area contributed by atoms with Crippen LogP contribution in [0.2, 0.25) is 0 Å². The summed E-state index contributed by atoms with van der Waals surface area (Å²) in [6, 6.07) is 16.2. The summed E-state index contributed by atoms with van der Waals surface area (Å²) in [5.74, 6) is 0.196. The molecule has 8 heteroatoms. The average Bonchev–Trinajstić information content (AvgIpc) is 2.96. The van der Waals surface area contributed by atoms with Gasteiger partial charge in [-0.05, 0) is 66.8 Å². The number of hydrogen-bond donors (Lipinski definition) is 2. The highest BCUT2D eigenvalue weighted by atomic mass is 32.2. The summed E-state index contributed by atoms with van der Waals surface area (Å²) in [6.07, 6.45) is 0. The molecule has 0 amide bonds. The number of nitrogens with one attached hydrogen (secondary N) is 1. The summed E-state index contributed by atoms with van der Waals surface area (Å²) in [6.45, 7) is 5.86. The van der Waals surface area contributed by atoms with Crippen LogP contribution in [0.4, 0.5) is 5.69 Å². The van der Waals surface area contributed by atoms with Gasteiger partial charge in [0.2, 0.25) is 0 Å². The molecular formula is C24H25N3O4S. The van der Waals surface area contributed by atoms with Crippen molar-refractivity contribution in [3.8, 4) is 11.4 Å². The van der Waals surface area contributed by atoms with E-state index in [4.69, 9.17) is 0 Å². The molecule has 0 bridgehead atoms. The van der Waals surface area contributed by atoms with Crippen molar-refractivity contribution in [2.45, 2.75) is 31.6 Å². The van der Waals surface area contributed by atoms with Crippen LogP contribution in [0.15, 0.2) is 70.4 Å². The largest absolute Gasteiger partial charge is 0.508 e. The van der Waals surface area contributed by atoms with E-state index in [0.29, 0.717) is 16.8 Å². The molecule has 0 aliphatic carbocycles. The van der Waals surface area contributed by atoms with Crippen molar-refractivity contribution < 1.29 is 13.5 Å². The Morgan fingerprint density at radius 1 is 1.00 bits per heavy atom. The van der Waals surface area contributed by atoms with Gasteiger partial charge in [-0.3, -0.25) is 14.2 Å². The van der Waals surface area contributed by atoms with Crippen LogP contribution < -0.4 is 10.3 Å². The third kappa shape index (κ3) is 3.67. The van der Waals surface area contributed by atoms with Crippen molar-refractivity contribution in [1.29, 1.82) is 0 Å². The first-order valence-corrected chi connectivity index (χ1v) is 11.7. The second-order valence-electron chi connectivity index (χ2n) is 8.10. The number of nitrogens with zero attached hydrogens (tertiary/aromatic N) is 2. The van der Waals surface area contributed by atoms with Gasteiger partial charge in [-0.15, -0.1) is 0 Å². The number of rotatable bonds is 5. The number of fused-ring (bicyclic) bond motifs is 1. The lowest BCUT2D eigenvalue weighted by Gasteiger charge is -2.12. The van der Waals surface area contributed by atoms with Crippen molar-refractivity contribution in [1.82, 2.24) is 9.36 Å². The predicted molar refractivity (Wildman–Crippen MR) is 126 cm³/mol. The Hall–Kier alpha value is -3.52. The molecule has 4 rings (SSSR count). The van der Waals surface area contributed by atoms with Gasteiger partial charge in [0.25, 0.3) is 15.6 Å². The molecule has 0 unspecified atom stereocenters. The fraction of sp³-hybridized carbons (Fsp3) is 0.208. The molecule has 0 atom stereocenters. The smallest absolute Gasteiger partial charge is 0.275 e. The van der Waals surface area contributed by atoms with E-state index >= 15 is 0 Å². The first kappa shape index (κ1) is 21.7. The molecule has 0 saturated heterocycles. The SMILES string of the molecule is Cc1c(C(C)C)c(=O)n(-c2ccc(S(=O)(=O)Nc3cccc4cc(O)ccc34)cc2)n1C. The first-order chi connectivity index (χ1) is 15.1. The van der Waals surface area contributed by atoms with Gasteiger partial charge in [-0.25, -0.2) is 13.1 Å². The minimum Gasteiger partial charge on any atom is -0.508 e. The van der Waals surface area contributed by atoms with Gasteiger partial charge in [-0.1, -0.05) is 26.0 Å². The Bertz CT molecular complexity index is 1480. The molecule has 0 saturated carbocycles. The summed E-state index contributed by atoms with van der Waals surface area (Å²) in [5, 5.41) is 11.1. The minimum absolute atomic E-state index is 0.0834. The van der Waals surface area contributed by atoms with Gasteiger partial charge in [-0.2, -0.15) is 0 Å². The lowest BCUT2D eigenvalue weighted by Crippen LogP contribution is -2.21. The number of phenols is 1. The molecular weight excluding hydrogens is 426 g/mol. The highest BCUT2D eigenvalue weighted by Gasteiger charge is 2.20. The van der Waals surface area contributed by atoms with Gasteiger partial charge >= 0.3 is 0 Å². The molecule has 1 aromatic heterocycles. The van der Waals surface area contributed by atoms with Crippen LogP contribution in [-0.2, 0) is 17.1 Å². The molecule has 0 aliphatic rings. The van der Waals surface area contributed by atoms with E-state index in [1.165, 1.54) is 18.2 Å². The van der Waals surface area contributed by atoms with E-state index in [1.54, 1.807) is 51.8 Å². The Kier molecular flexibility index (Phi) is 5.34. The molecule has 0 aliphatic heterocycles. The van der Waals surface area contributed by atoms with Crippen LogP contribution in [0.1, 0.15) is 31.0 Å². The van der Waals surface area contributed by atoms with Gasteiger partial charge < -0.3 is 5.11 Å². The van der Waals surface area contributed by atoms with E-state index in [-0.39, 0.29) is 22.1 Å². The van der Waals surface area contributed by atoms with Crippen LogP contribution >= 0.6 is 0 Å². The quantitative estimate of drug-likeness (QED) is 0.474. The zero-order valence-electron chi connectivity index (χ0n) is 18.3. The summed E-state index contributed by atoms with van der Waals surface area (Å²) in [5.41, 5.74) is 2.53. The van der Waals surface area contributed by atoms with E-state index in [0.717, 1.165) is 16.6 Å². The number of aromatic hydroxyl groups is 1. The topological polar surface area (TPSA) is 93.3 Å². The Morgan fingerprint density at radius 2 is 1.69 bits per heavy atom. The molecule has 0 fully saturated rings. The van der Waals surface area contributed by atoms with Crippen LogP contribution in [0.3, 0.4) is 0 Å². The van der Waals surface area contributed by atoms with Crippen molar-refractivity contribution in [3.63, 3.8) is 0 Å². The monoisotopic (exact) mass is 451 g/mol. The molecule has 1 heterocycles. The van der Waals surface area contributed by atoms with Crippen molar-refractivity contribution in [3.05, 3.63) is 82.3 Å². The Balaban J connectivity index is 1.70. The molecule has 7 nitrogen and oxygen atoms in total. The lowest BCUT2D eigenvalue weighted by atomic mass is 10.0. The third-order valence-corrected chi connectivity index (χ3v) is 7.06. The molecule has 0 radical (unpaired) electrons. The maximum atomic E-state index is 13.0. The maximum absolute atomic E-state index is 13.0. The number of benzene rings is 3. The van der Waals surface area contributed by atoms with Gasteiger partial charge in [0, 0.05) is 23.7 Å². The van der Waals surface area contributed by atoms with Crippen molar-refractivity contribution in [2.24, 2.45) is 7.05 Å². The highest BCUT2D eigenvalue weighted by Crippen LogP contribution is 2.28. The number of aromatic nitrogens is 2. The molecule has 3 aromatic carbocycles. The molecule has 0 spiro atoms. The van der Waals surface area contributed by atoms with Crippen LogP contribution in [0.25, 0.3) is 16.5 Å². The normalized spacial score (nSPS) is 11.9. The average molecular weight is 452 g/mol. The molecule has 2 N–H and O–H groups in total. The molecule has 166 valence electrons. The van der Waals surface area contributed by atoms with Crippen LogP contribution in [0.5, 0.6) is 5.75 Å². The van der Waals surface area contributed by atoms with Crippen molar-refractivity contribution in [2.75, 3.05) is 4.72 Å². The lowest BCUT2D eigenvalue weighted by molar-refractivity contribution is 0.476. The first-order valence-electron chi connectivity index (χ1n) is 10.2. The summed E-state index contributed by atoms with van der Waals surface area (Å²) < 4.78 is 32.0.